The van der Waals surface area contributed by atoms with E-state index < -0.39 is 0 Å². The number of epoxide rings is 1. The zero-order valence-electron chi connectivity index (χ0n) is 9.78. The summed E-state index contributed by atoms with van der Waals surface area (Å²) in [5.41, 5.74) is 1.07. The normalized spacial score (nSPS) is 18.1. The zero-order valence-corrected chi connectivity index (χ0v) is 9.78. The summed E-state index contributed by atoms with van der Waals surface area (Å²) in [5.74, 6) is 2.03. The van der Waals surface area contributed by atoms with Crippen molar-refractivity contribution in [3.05, 3.63) is 17.7 Å². The quantitative estimate of drug-likeness (QED) is 0.715. The third kappa shape index (κ3) is 2.39. The number of aryl methyl sites for hydroxylation is 1. The highest BCUT2D eigenvalue weighted by Gasteiger charge is 2.24. The van der Waals surface area contributed by atoms with Crippen LogP contribution in [0.4, 0.5) is 0 Å². The predicted octanol–water partition coefficient (Wildman–Crippen LogP) is 1.79. The van der Waals surface area contributed by atoms with Crippen molar-refractivity contribution in [2.24, 2.45) is 0 Å². The van der Waals surface area contributed by atoms with Crippen molar-refractivity contribution in [1.82, 2.24) is 0 Å². The SMILES string of the molecule is COc1cc(C)cc(OC)c1OCC1CO1. The smallest absolute Gasteiger partial charge is 0.203 e. The Kier molecular flexibility index (Phi) is 3.19. The van der Waals surface area contributed by atoms with E-state index in [1.54, 1.807) is 14.2 Å². The zero-order chi connectivity index (χ0) is 11.5. The summed E-state index contributed by atoms with van der Waals surface area (Å²) in [6, 6.07) is 3.84. The van der Waals surface area contributed by atoms with E-state index in [2.05, 4.69) is 0 Å². The van der Waals surface area contributed by atoms with E-state index in [4.69, 9.17) is 18.9 Å². The van der Waals surface area contributed by atoms with E-state index in [9.17, 15) is 0 Å². The second kappa shape index (κ2) is 4.61. The van der Waals surface area contributed by atoms with Gasteiger partial charge in [-0.2, -0.15) is 0 Å². The molecule has 2 rings (SSSR count). The first-order valence-corrected chi connectivity index (χ1v) is 5.21. The molecule has 1 aromatic rings. The highest BCUT2D eigenvalue weighted by atomic mass is 16.6. The standard InChI is InChI=1S/C12H16O4/c1-8-4-10(13-2)12(11(5-8)14-3)16-7-9-6-15-9/h4-5,9H,6-7H2,1-3H3. The molecule has 4 heteroatoms. The minimum Gasteiger partial charge on any atom is -0.493 e. The maximum Gasteiger partial charge on any atom is 0.203 e. The molecule has 1 aliphatic heterocycles. The Hall–Kier alpha value is -1.42. The Morgan fingerprint density at radius 2 is 1.81 bits per heavy atom. The molecule has 0 aromatic heterocycles. The molecule has 0 radical (unpaired) electrons. The second-order valence-corrected chi connectivity index (χ2v) is 3.76. The number of benzene rings is 1. The topological polar surface area (TPSA) is 40.2 Å². The van der Waals surface area contributed by atoms with Gasteiger partial charge in [-0.3, -0.25) is 0 Å². The molecule has 0 N–H and O–H groups in total. The van der Waals surface area contributed by atoms with Crippen LogP contribution in [0.2, 0.25) is 0 Å². The fourth-order valence-electron chi connectivity index (χ4n) is 1.49. The monoisotopic (exact) mass is 224 g/mol. The second-order valence-electron chi connectivity index (χ2n) is 3.76. The Bertz CT molecular complexity index is 346. The first-order chi connectivity index (χ1) is 7.74. The van der Waals surface area contributed by atoms with E-state index >= 15 is 0 Å². The average Bonchev–Trinajstić information content (AvgIpc) is 3.10. The van der Waals surface area contributed by atoms with Crippen molar-refractivity contribution in [2.75, 3.05) is 27.4 Å². The fraction of sp³-hybridized carbons (Fsp3) is 0.500. The van der Waals surface area contributed by atoms with Gasteiger partial charge in [0.1, 0.15) is 12.7 Å². The maximum absolute atomic E-state index is 5.65. The summed E-state index contributed by atoms with van der Waals surface area (Å²) in [5, 5.41) is 0. The van der Waals surface area contributed by atoms with Crippen LogP contribution in [-0.2, 0) is 4.74 Å². The van der Waals surface area contributed by atoms with Crippen LogP contribution in [0, 0.1) is 6.92 Å². The van der Waals surface area contributed by atoms with Crippen molar-refractivity contribution in [1.29, 1.82) is 0 Å². The van der Waals surface area contributed by atoms with E-state index in [0.717, 1.165) is 12.2 Å². The molecule has 1 fully saturated rings. The molecule has 0 spiro atoms. The fourth-order valence-corrected chi connectivity index (χ4v) is 1.49. The van der Waals surface area contributed by atoms with Crippen LogP contribution in [0.5, 0.6) is 17.2 Å². The summed E-state index contributed by atoms with van der Waals surface area (Å²) in [6.07, 6.45) is 0.218. The molecule has 0 bridgehead atoms. The van der Waals surface area contributed by atoms with Crippen LogP contribution in [0.15, 0.2) is 12.1 Å². The van der Waals surface area contributed by atoms with Gasteiger partial charge in [0.15, 0.2) is 11.5 Å². The molecule has 16 heavy (non-hydrogen) atoms. The number of methoxy groups -OCH3 is 2. The van der Waals surface area contributed by atoms with Gasteiger partial charge in [-0.1, -0.05) is 0 Å². The van der Waals surface area contributed by atoms with E-state index in [1.165, 1.54) is 0 Å². The van der Waals surface area contributed by atoms with Crippen LogP contribution >= 0.6 is 0 Å². The summed E-state index contributed by atoms with van der Waals surface area (Å²) in [7, 11) is 3.24. The minimum absolute atomic E-state index is 0.218. The van der Waals surface area contributed by atoms with Gasteiger partial charge in [0, 0.05) is 0 Å². The van der Waals surface area contributed by atoms with Crippen molar-refractivity contribution in [2.45, 2.75) is 13.0 Å². The third-order valence-electron chi connectivity index (χ3n) is 2.42. The Morgan fingerprint density at radius 1 is 1.25 bits per heavy atom. The van der Waals surface area contributed by atoms with Gasteiger partial charge in [0.05, 0.1) is 20.8 Å². The minimum atomic E-state index is 0.218. The van der Waals surface area contributed by atoms with Crippen molar-refractivity contribution < 1.29 is 18.9 Å². The summed E-state index contributed by atoms with van der Waals surface area (Å²) in [4.78, 5) is 0. The molecule has 1 heterocycles. The first-order valence-electron chi connectivity index (χ1n) is 5.21. The molecule has 0 saturated carbocycles. The molecule has 1 unspecified atom stereocenters. The van der Waals surface area contributed by atoms with Crippen molar-refractivity contribution in [3.63, 3.8) is 0 Å². The van der Waals surface area contributed by atoms with Crippen LogP contribution in [-0.4, -0.2) is 33.5 Å². The van der Waals surface area contributed by atoms with Gasteiger partial charge in [-0.25, -0.2) is 0 Å². The molecule has 1 aromatic carbocycles. The van der Waals surface area contributed by atoms with E-state index in [-0.39, 0.29) is 6.10 Å². The maximum atomic E-state index is 5.65. The lowest BCUT2D eigenvalue weighted by molar-refractivity contribution is 0.240. The number of ether oxygens (including phenoxy) is 4. The highest BCUT2D eigenvalue weighted by molar-refractivity contribution is 5.53. The average molecular weight is 224 g/mol. The lowest BCUT2D eigenvalue weighted by Crippen LogP contribution is -2.06. The number of rotatable bonds is 5. The molecule has 0 aliphatic carbocycles. The summed E-state index contributed by atoms with van der Waals surface area (Å²) in [6.45, 7) is 3.30. The predicted molar refractivity (Wildman–Crippen MR) is 59.5 cm³/mol. The van der Waals surface area contributed by atoms with Gasteiger partial charge in [0.2, 0.25) is 5.75 Å². The van der Waals surface area contributed by atoms with E-state index in [1.807, 2.05) is 19.1 Å². The van der Waals surface area contributed by atoms with Gasteiger partial charge in [0.25, 0.3) is 0 Å². The van der Waals surface area contributed by atoms with Gasteiger partial charge in [-0.15, -0.1) is 0 Å². The molecule has 1 atom stereocenters. The molecule has 1 saturated heterocycles. The third-order valence-corrected chi connectivity index (χ3v) is 2.42. The van der Waals surface area contributed by atoms with Crippen LogP contribution in [0.1, 0.15) is 5.56 Å². The molecular weight excluding hydrogens is 208 g/mol. The van der Waals surface area contributed by atoms with Crippen LogP contribution < -0.4 is 14.2 Å². The Labute approximate surface area is 95.1 Å². The summed E-state index contributed by atoms with van der Waals surface area (Å²) >= 11 is 0. The highest BCUT2D eigenvalue weighted by Crippen LogP contribution is 2.38. The summed E-state index contributed by atoms with van der Waals surface area (Å²) < 4.78 is 21.3. The Balaban J connectivity index is 2.22. The van der Waals surface area contributed by atoms with Crippen LogP contribution in [0.3, 0.4) is 0 Å². The van der Waals surface area contributed by atoms with E-state index in [0.29, 0.717) is 23.9 Å². The van der Waals surface area contributed by atoms with Crippen molar-refractivity contribution in [3.8, 4) is 17.2 Å². The number of hydrogen-bond acceptors (Lipinski definition) is 4. The molecule has 0 amide bonds. The molecule has 88 valence electrons. The Morgan fingerprint density at radius 3 is 2.25 bits per heavy atom. The molecule has 4 nitrogen and oxygen atoms in total. The number of hydrogen-bond donors (Lipinski definition) is 0. The van der Waals surface area contributed by atoms with Gasteiger partial charge in [-0.05, 0) is 24.6 Å². The molecular formula is C12H16O4. The molecule has 1 aliphatic rings. The van der Waals surface area contributed by atoms with Gasteiger partial charge < -0.3 is 18.9 Å². The lowest BCUT2D eigenvalue weighted by Gasteiger charge is -2.14. The van der Waals surface area contributed by atoms with Crippen LogP contribution in [0.25, 0.3) is 0 Å². The lowest BCUT2D eigenvalue weighted by atomic mass is 10.2. The largest absolute Gasteiger partial charge is 0.493 e. The van der Waals surface area contributed by atoms with Crippen molar-refractivity contribution >= 4 is 0 Å². The first kappa shape index (κ1) is 11.1. The van der Waals surface area contributed by atoms with Gasteiger partial charge >= 0.3 is 0 Å².